The smallest absolute Gasteiger partial charge is 0.321 e. The molecule has 4 rings (SSSR count). The van der Waals surface area contributed by atoms with Gasteiger partial charge in [-0.1, -0.05) is 12.1 Å². The van der Waals surface area contributed by atoms with Gasteiger partial charge in [0.25, 0.3) is 0 Å². The van der Waals surface area contributed by atoms with Crippen molar-refractivity contribution in [3.63, 3.8) is 0 Å². The number of hydrogen-bond donors (Lipinski definition) is 2. The van der Waals surface area contributed by atoms with Crippen molar-refractivity contribution < 1.29 is 9.59 Å². The van der Waals surface area contributed by atoms with Gasteiger partial charge in [0.1, 0.15) is 0 Å². The van der Waals surface area contributed by atoms with Gasteiger partial charge in [0.05, 0.1) is 6.42 Å². The number of benzene rings is 1. The first-order chi connectivity index (χ1) is 13.2. The first kappa shape index (κ1) is 18.6. The topological polar surface area (TPSA) is 64.7 Å². The summed E-state index contributed by atoms with van der Waals surface area (Å²) >= 11 is 1.91. The van der Waals surface area contributed by atoms with Gasteiger partial charge in [0.15, 0.2) is 0 Å². The van der Waals surface area contributed by atoms with Crippen LogP contribution >= 0.6 is 11.8 Å². The zero-order valence-electron chi connectivity index (χ0n) is 15.7. The van der Waals surface area contributed by atoms with Gasteiger partial charge in [-0.3, -0.25) is 4.79 Å². The Labute approximate surface area is 165 Å². The van der Waals surface area contributed by atoms with Crippen LogP contribution < -0.4 is 10.6 Å². The number of carbonyl (C=O) groups excluding carboxylic acids is 2. The number of urea groups is 1. The Morgan fingerprint density at radius 1 is 1.04 bits per heavy atom. The Morgan fingerprint density at radius 2 is 1.78 bits per heavy atom. The number of anilines is 1. The van der Waals surface area contributed by atoms with E-state index in [1.165, 1.54) is 0 Å². The molecule has 0 radical (unpaired) electrons. The van der Waals surface area contributed by atoms with Crippen LogP contribution in [0.4, 0.5) is 10.5 Å². The van der Waals surface area contributed by atoms with Crippen LogP contribution in [0.15, 0.2) is 24.3 Å². The zero-order valence-corrected chi connectivity index (χ0v) is 16.5. The fourth-order valence-corrected chi connectivity index (χ4v) is 5.13. The number of rotatable bonds is 3. The summed E-state index contributed by atoms with van der Waals surface area (Å²) in [7, 11) is 0. The Bertz CT molecular complexity index is 675. The highest BCUT2D eigenvalue weighted by Gasteiger charge is 2.34. The second kappa shape index (κ2) is 8.52. The number of amides is 3. The van der Waals surface area contributed by atoms with Crippen LogP contribution in [0, 0.1) is 11.8 Å². The molecule has 1 aromatic rings. The van der Waals surface area contributed by atoms with E-state index in [-0.39, 0.29) is 11.9 Å². The quantitative estimate of drug-likeness (QED) is 0.830. The molecule has 1 aromatic carbocycles. The molecule has 146 valence electrons. The highest BCUT2D eigenvalue weighted by Crippen LogP contribution is 2.26. The molecule has 0 aliphatic carbocycles. The third-order valence-electron chi connectivity index (χ3n) is 5.92. The second-order valence-corrected chi connectivity index (χ2v) is 8.93. The third-order valence-corrected chi connectivity index (χ3v) is 6.86. The number of likely N-dealkylation sites (tertiary alicyclic amines) is 1. The maximum atomic E-state index is 12.6. The number of hydrogen-bond acceptors (Lipinski definition) is 4. The van der Waals surface area contributed by atoms with Crippen LogP contribution in [0.2, 0.25) is 0 Å². The van der Waals surface area contributed by atoms with E-state index in [9.17, 15) is 9.59 Å². The lowest BCUT2D eigenvalue weighted by Crippen LogP contribution is -2.45. The van der Waals surface area contributed by atoms with Crippen LogP contribution in [0.1, 0.15) is 12.0 Å². The Kier molecular flexibility index (Phi) is 5.88. The molecule has 3 saturated heterocycles. The van der Waals surface area contributed by atoms with E-state index in [1.54, 1.807) is 0 Å². The minimum atomic E-state index is -0.0185. The van der Waals surface area contributed by atoms with Gasteiger partial charge in [-0.15, -0.1) is 0 Å². The van der Waals surface area contributed by atoms with Crippen molar-refractivity contribution in [3.05, 3.63) is 29.8 Å². The Hall–Kier alpha value is -1.73. The SMILES string of the molecule is O=C(Cc1ccc(NC(=O)N2CC[C@@H]3CNC[C@@H]3C2)cc1)N1CCSCC1. The maximum absolute atomic E-state index is 12.6. The molecule has 0 spiro atoms. The van der Waals surface area contributed by atoms with Crippen molar-refractivity contribution in [2.75, 3.05) is 56.1 Å². The monoisotopic (exact) mass is 388 g/mol. The first-order valence-corrected chi connectivity index (χ1v) is 11.1. The predicted octanol–water partition coefficient (Wildman–Crippen LogP) is 1.88. The second-order valence-electron chi connectivity index (χ2n) is 7.71. The van der Waals surface area contributed by atoms with Crippen LogP contribution in [-0.4, -0.2) is 72.5 Å². The fraction of sp³-hybridized carbons (Fsp3) is 0.600. The van der Waals surface area contributed by atoms with Gasteiger partial charge in [-0.05, 0) is 49.0 Å². The summed E-state index contributed by atoms with van der Waals surface area (Å²) in [6.45, 7) is 5.48. The number of carbonyl (C=O) groups is 2. The minimum absolute atomic E-state index is 0.0185. The molecule has 7 heteroatoms. The van der Waals surface area contributed by atoms with Crippen molar-refractivity contribution in [1.29, 1.82) is 0 Å². The van der Waals surface area contributed by atoms with Crippen LogP contribution in [0.5, 0.6) is 0 Å². The van der Waals surface area contributed by atoms with E-state index in [4.69, 9.17) is 0 Å². The molecular weight excluding hydrogens is 360 g/mol. The van der Waals surface area contributed by atoms with Gasteiger partial charge < -0.3 is 20.4 Å². The van der Waals surface area contributed by atoms with Gasteiger partial charge in [0, 0.05) is 43.4 Å². The molecule has 0 bridgehead atoms. The lowest BCUT2D eigenvalue weighted by molar-refractivity contribution is -0.130. The molecule has 27 heavy (non-hydrogen) atoms. The van der Waals surface area contributed by atoms with Crippen LogP contribution in [0.25, 0.3) is 0 Å². The van der Waals surface area contributed by atoms with Gasteiger partial charge in [0.2, 0.25) is 5.91 Å². The van der Waals surface area contributed by atoms with Gasteiger partial charge >= 0.3 is 6.03 Å². The molecule has 3 aliphatic heterocycles. The number of thioether (sulfide) groups is 1. The normalized spacial score (nSPS) is 25.2. The number of nitrogens with one attached hydrogen (secondary N) is 2. The van der Waals surface area contributed by atoms with Crippen molar-refractivity contribution in [2.24, 2.45) is 11.8 Å². The zero-order chi connectivity index (χ0) is 18.6. The summed E-state index contributed by atoms with van der Waals surface area (Å²) in [5, 5.41) is 6.43. The van der Waals surface area contributed by atoms with Gasteiger partial charge in [-0.2, -0.15) is 11.8 Å². The highest BCUT2D eigenvalue weighted by molar-refractivity contribution is 7.99. The van der Waals surface area contributed by atoms with Crippen molar-refractivity contribution in [1.82, 2.24) is 15.1 Å². The molecule has 0 saturated carbocycles. The summed E-state index contributed by atoms with van der Waals surface area (Å²) in [6.07, 6.45) is 1.52. The molecule has 6 nitrogen and oxygen atoms in total. The summed E-state index contributed by atoms with van der Waals surface area (Å²) in [4.78, 5) is 28.8. The molecule has 3 amide bonds. The number of fused-ring (bicyclic) bond motifs is 1. The summed E-state index contributed by atoms with van der Waals surface area (Å²) in [6, 6.07) is 7.67. The Morgan fingerprint density at radius 3 is 2.56 bits per heavy atom. The van der Waals surface area contributed by atoms with E-state index in [2.05, 4.69) is 10.6 Å². The number of nitrogens with zero attached hydrogens (tertiary/aromatic N) is 2. The van der Waals surface area contributed by atoms with Gasteiger partial charge in [-0.25, -0.2) is 4.79 Å². The third kappa shape index (κ3) is 4.58. The van der Waals surface area contributed by atoms with Crippen molar-refractivity contribution in [3.8, 4) is 0 Å². The molecule has 2 N–H and O–H groups in total. The molecule has 3 aliphatic rings. The van der Waals surface area contributed by atoms with E-state index in [1.807, 2.05) is 45.8 Å². The summed E-state index contributed by atoms with van der Waals surface area (Å²) in [5.74, 6) is 3.58. The van der Waals surface area contributed by atoms with E-state index < -0.39 is 0 Å². The van der Waals surface area contributed by atoms with Crippen LogP contribution in [0.3, 0.4) is 0 Å². The maximum Gasteiger partial charge on any atom is 0.321 e. The summed E-state index contributed by atoms with van der Waals surface area (Å²) < 4.78 is 0. The molecule has 0 unspecified atom stereocenters. The largest absolute Gasteiger partial charge is 0.341 e. The average Bonchev–Trinajstić information content (AvgIpc) is 3.18. The predicted molar refractivity (Wildman–Crippen MR) is 109 cm³/mol. The lowest BCUT2D eigenvalue weighted by Gasteiger charge is -2.34. The molecule has 3 fully saturated rings. The van der Waals surface area contributed by atoms with E-state index in [0.717, 1.165) is 74.4 Å². The number of piperidine rings is 1. The Balaban J connectivity index is 1.28. The van der Waals surface area contributed by atoms with E-state index >= 15 is 0 Å². The highest BCUT2D eigenvalue weighted by atomic mass is 32.2. The first-order valence-electron chi connectivity index (χ1n) is 9.90. The molecule has 0 aromatic heterocycles. The van der Waals surface area contributed by atoms with E-state index in [0.29, 0.717) is 12.3 Å². The molecule has 3 heterocycles. The lowest BCUT2D eigenvalue weighted by atomic mass is 9.89. The van der Waals surface area contributed by atoms with Crippen LogP contribution in [-0.2, 0) is 11.2 Å². The molecule has 2 atom stereocenters. The minimum Gasteiger partial charge on any atom is -0.341 e. The molecular formula is C20H28N4O2S. The standard InChI is InChI=1S/C20H28N4O2S/c25-19(23-7-9-27-10-8-23)11-15-1-3-18(4-2-15)22-20(26)24-6-5-16-12-21-13-17(16)14-24/h1-4,16-17,21H,5-14H2,(H,22,26)/t16-,17-/m1/s1. The fourth-order valence-electron chi connectivity index (χ4n) is 4.23. The average molecular weight is 389 g/mol. The summed E-state index contributed by atoms with van der Waals surface area (Å²) in [5.41, 5.74) is 1.78. The van der Waals surface area contributed by atoms with Crippen molar-refractivity contribution >= 4 is 29.4 Å². The van der Waals surface area contributed by atoms with Crippen molar-refractivity contribution in [2.45, 2.75) is 12.8 Å².